The van der Waals surface area contributed by atoms with Crippen molar-refractivity contribution in [3.8, 4) is 0 Å². The molecule has 6 heteroatoms. The number of aromatic amines is 1. The molecule has 1 aromatic carbocycles. The van der Waals surface area contributed by atoms with Gasteiger partial charge in [0, 0.05) is 11.1 Å². The number of fused-ring (bicyclic) bond motifs is 3. The molecule has 0 saturated carbocycles. The number of rotatable bonds is 0. The van der Waals surface area contributed by atoms with Crippen LogP contribution in [0, 0.1) is 0 Å². The second-order valence-electron chi connectivity index (χ2n) is 4.78. The SMILES string of the molecule is FC(F)(F)C1CCCc2c1[nH]c1c(Cl)ccc(Cl)c21. The summed E-state index contributed by atoms with van der Waals surface area (Å²) in [5, 5.41) is 1.48. The number of hydrogen-bond acceptors (Lipinski definition) is 0. The molecular formula is C13H10Cl2F3N. The molecule has 1 aromatic heterocycles. The third-order valence-corrected chi connectivity index (χ3v) is 4.28. The first-order valence-corrected chi connectivity index (χ1v) is 6.70. The summed E-state index contributed by atoms with van der Waals surface area (Å²) in [5.41, 5.74) is 1.40. The zero-order valence-electron chi connectivity index (χ0n) is 9.74. The van der Waals surface area contributed by atoms with E-state index in [1.165, 1.54) is 0 Å². The van der Waals surface area contributed by atoms with Crippen LogP contribution in [0.4, 0.5) is 13.2 Å². The van der Waals surface area contributed by atoms with E-state index in [4.69, 9.17) is 23.2 Å². The molecule has 0 saturated heterocycles. The van der Waals surface area contributed by atoms with E-state index in [1.54, 1.807) is 12.1 Å². The van der Waals surface area contributed by atoms with Gasteiger partial charge in [-0.1, -0.05) is 23.2 Å². The number of aromatic nitrogens is 1. The lowest BCUT2D eigenvalue weighted by Crippen LogP contribution is -2.24. The molecule has 1 N–H and O–H groups in total. The summed E-state index contributed by atoms with van der Waals surface area (Å²) in [6.07, 6.45) is -3.03. The Bertz CT molecular complexity index is 645. The lowest BCUT2D eigenvalue weighted by molar-refractivity contribution is -0.154. The smallest absolute Gasteiger partial charge is 0.356 e. The standard InChI is InChI=1S/C13H10Cl2F3N/c14-8-4-5-9(15)12-10(8)6-2-1-3-7(11(6)19-12)13(16,17)18/h4-5,7,19H,1-3H2. The molecule has 1 nitrogen and oxygen atoms in total. The predicted molar refractivity (Wildman–Crippen MR) is 70.1 cm³/mol. The zero-order valence-corrected chi connectivity index (χ0v) is 11.3. The quantitative estimate of drug-likeness (QED) is 0.665. The number of benzene rings is 1. The summed E-state index contributed by atoms with van der Waals surface area (Å²) in [4.78, 5) is 2.85. The lowest BCUT2D eigenvalue weighted by atomic mass is 9.86. The maximum absolute atomic E-state index is 13.1. The number of nitrogens with one attached hydrogen (secondary N) is 1. The first-order valence-electron chi connectivity index (χ1n) is 5.94. The molecule has 1 aliphatic rings. The number of aryl methyl sites for hydroxylation is 1. The summed E-state index contributed by atoms with van der Waals surface area (Å²) in [7, 11) is 0. The highest BCUT2D eigenvalue weighted by atomic mass is 35.5. The van der Waals surface area contributed by atoms with Gasteiger partial charge in [0.05, 0.1) is 21.5 Å². The average molecular weight is 308 g/mol. The Kier molecular flexibility index (Phi) is 2.98. The molecule has 1 atom stereocenters. The Balaban J connectivity index is 2.30. The number of H-pyrrole nitrogens is 1. The monoisotopic (exact) mass is 307 g/mol. The molecule has 102 valence electrons. The molecule has 0 spiro atoms. The van der Waals surface area contributed by atoms with Crippen molar-refractivity contribution in [3.63, 3.8) is 0 Å². The van der Waals surface area contributed by atoms with Gasteiger partial charge in [0.25, 0.3) is 0 Å². The van der Waals surface area contributed by atoms with Gasteiger partial charge in [0.1, 0.15) is 0 Å². The van der Waals surface area contributed by atoms with Crippen LogP contribution in [0.2, 0.25) is 10.0 Å². The Morgan fingerprint density at radius 1 is 1.16 bits per heavy atom. The van der Waals surface area contributed by atoms with Gasteiger partial charge >= 0.3 is 6.18 Å². The van der Waals surface area contributed by atoms with Crippen LogP contribution in [0.3, 0.4) is 0 Å². The Hall–Kier alpha value is -0.870. The van der Waals surface area contributed by atoms with Crippen LogP contribution in [0.25, 0.3) is 10.9 Å². The Labute approximate surface area is 117 Å². The number of halogens is 5. The maximum atomic E-state index is 13.1. The van der Waals surface area contributed by atoms with E-state index in [9.17, 15) is 13.2 Å². The molecule has 3 rings (SSSR count). The molecule has 19 heavy (non-hydrogen) atoms. The van der Waals surface area contributed by atoms with Gasteiger partial charge in [-0.2, -0.15) is 13.2 Å². The molecule has 1 unspecified atom stereocenters. The van der Waals surface area contributed by atoms with Crippen LogP contribution in [0.5, 0.6) is 0 Å². The molecule has 0 aliphatic heterocycles. The highest BCUT2D eigenvalue weighted by Crippen LogP contribution is 2.46. The minimum absolute atomic E-state index is 0.110. The van der Waals surface area contributed by atoms with E-state index < -0.39 is 12.1 Å². The number of hydrogen-bond donors (Lipinski definition) is 1. The van der Waals surface area contributed by atoms with Gasteiger partial charge in [-0.15, -0.1) is 0 Å². The third-order valence-electron chi connectivity index (χ3n) is 3.65. The topological polar surface area (TPSA) is 15.8 Å². The molecule has 0 bridgehead atoms. The van der Waals surface area contributed by atoms with Crippen LogP contribution in [0.15, 0.2) is 12.1 Å². The zero-order chi connectivity index (χ0) is 13.8. The van der Waals surface area contributed by atoms with Crippen molar-refractivity contribution >= 4 is 34.1 Å². The first kappa shape index (κ1) is 13.1. The molecule has 0 radical (unpaired) electrons. The molecular weight excluding hydrogens is 298 g/mol. The van der Waals surface area contributed by atoms with Crippen LogP contribution < -0.4 is 0 Å². The van der Waals surface area contributed by atoms with Crippen molar-refractivity contribution in [2.45, 2.75) is 31.4 Å². The summed E-state index contributed by atoms with van der Waals surface area (Å²) < 4.78 is 39.2. The van der Waals surface area contributed by atoms with Gasteiger partial charge in [0.2, 0.25) is 0 Å². The van der Waals surface area contributed by atoms with E-state index in [0.717, 1.165) is 0 Å². The van der Waals surface area contributed by atoms with Crippen LogP contribution in [-0.2, 0) is 6.42 Å². The van der Waals surface area contributed by atoms with Gasteiger partial charge in [-0.3, -0.25) is 0 Å². The molecule has 2 aromatic rings. The van der Waals surface area contributed by atoms with Crippen molar-refractivity contribution in [1.29, 1.82) is 0 Å². The van der Waals surface area contributed by atoms with Crippen molar-refractivity contribution in [2.75, 3.05) is 0 Å². The predicted octanol–water partition coefficient (Wildman–Crippen LogP) is 5.46. The average Bonchev–Trinajstić information content (AvgIpc) is 2.72. The van der Waals surface area contributed by atoms with Crippen molar-refractivity contribution in [2.24, 2.45) is 0 Å². The molecule has 0 fully saturated rings. The number of alkyl halides is 3. The van der Waals surface area contributed by atoms with Crippen molar-refractivity contribution < 1.29 is 13.2 Å². The van der Waals surface area contributed by atoms with Crippen LogP contribution in [-0.4, -0.2) is 11.2 Å². The van der Waals surface area contributed by atoms with Gasteiger partial charge in [-0.25, -0.2) is 0 Å². The maximum Gasteiger partial charge on any atom is 0.397 e. The van der Waals surface area contributed by atoms with E-state index >= 15 is 0 Å². The molecule has 0 amide bonds. The van der Waals surface area contributed by atoms with Crippen molar-refractivity contribution in [3.05, 3.63) is 33.4 Å². The first-order chi connectivity index (χ1) is 8.89. The minimum atomic E-state index is -4.24. The fourth-order valence-electron chi connectivity index (χ4n) is 2.83. The van der Waals surface area contributed by atoms with Crippen LogP contribution >= 0.6 is 23.2 Å². The summed E-state index contributed by atoms with van der Waals surface area (Å²) in [5.74, 6) is -1.45. The largest absolute Gasteiger partial charge is 0.397 e. The Morgan fingerprint density at radius 3 is 2.53 bits per heavy atom. The third kappa shape index (κ3) is 2.01. The van der Waals surface area contributed by atoms with E-state index in [0.29, 0.717) is 39.4 Å². The second-order valence-corrected chi connectivity index (χ2v) is 5.60. The summed E-state index contributed by atoms with van der Waals surface area (Å²) >= 11 is 12.1. The van der Waals surface area contributed by atoms with E-state index in [1.807, 2.05) is 0 Å². The second kappa shape index (κ2) is 4.32. The highest BCUT2D eigenvalue weighted by molar-refractivity contribution is 6.40. The molecule has 1 aliphatic carbocycles. The molecule has 1 heterocycles. The lowest BCUT2D eigenvalue weighted by Gasteiger charge is -2.24. The van der Waals surface area contributed by atoms with Gasteiger partial charge in [0.15, 0.2) is 0 Å². The van der Waals surface area contributed by atoms with Gasteiger partial charge in [-0.05, 0) is 37.0 Å². The van der Waals surface area contributed by atoms with E-state index in [-0.39, 0.29) is 12.1 Å². The van der Waals surface area contributed by atoms with Crippen molar-refractivity contribution in [1.82, 2.24) is 4.98 Å². The van der Waals surface area contributed by atoms with Gasteiger partial charge < -0.3 is 4.98 Å². The summed E-state index contributed by atoms with van der Waals surface area (Å²) in [6, 6.07) is 3.22. The summed E-state index contributed by atoms with van der Waals surface area (Å²) in [6.45, 7) is 0. The van der Waals surface area contributed by atoms with Crippen LogP contribution in [0.1, 0.15) is 30.0 Å². The van der Waals surface area contributed by atoms with E-state index in [2.05, 4.69) is 4.98 Å². The minimum Gasteiger partial charge on any atom is -0.356 e. The normalized spacial score (nSPS) is 19.7. The fraction of sp³-hybridized carbons (Fsp3) is 0.385. The Morgan fingerprint density at radius 2 is 1.84 bits per heavy atom. The fourth-order valence-corrected chi connectivity index (χ4v) is 3.30. The highest BCUT2D eigenvalue weighted by Gasteiger charge is 2.44.